The number of aryl methyl sites for hydroxylation is 2. The molecule has 29 heavy (non-hydrogen) atoms. The van der Waals surface area contributed by atoms with Crippen molar-refractivity contribution in [2.75, 3.05) is 5.32 Å². The Hall–Kier alpha value is -3.07. The lowest BCUT2D eigenvalue weighted by Crippen LogP contribution is -2.13. The molecule has 0 saturated heterocycles. The highest BCUT2D eigenvalue weighted by Crippen LogP contribution is 2.22. The number of carbonyl (C=O) groups is 1. The number of rotatable bonds is 8. The van der Waals surface area contributed by atoms with Gasteiger partial charge in [0, 0.05) is 41.4 Å². The van der Waals surface area contributed by atoms with Crippen LogP contribution in [0.1, 0.15) is 43.6 Å². The summed E-state index contributed by atoms with van der Waals surface area (Å²) >= 11 is 0. The van der Waals surface area contributed by atoms with Gasteiger partial charge in [-0.15, -0.1) is 0 Å². The second-order valence-corrected chi connectivity index (χ2v) is 7.96. The van der Waals surface area contributed by atoms with Crippen molar-refractivity contribution in [1.29, 1.82) is 5.26 Å². The second kappa shape index (κ2) is 8.95. The van der Waals surface area contributed by atoms with Crippen LogP contribution in [0.4, 0.5) is 5.69 Å². The van der Waals surface area contributed by atoms with Gasteiger partial charge in [-0.2, -0.15) is 10.4 Å². The van der Waals surface area contributed by atoms with E-state index in [0.717, 1.165) is 34.6 Å². The van der Waals surface area contributed by atoms with Gasteiger partial charge < -0.3 is 9.88 Å². The molecule has 1 N–H and O–H groups in total. The first-order chi connectivity index (χ1) is 13.9. The van der Waals surface area contributed by atoms with E-state index in [9.17, 15) is 4.79 Å². The van der Waals surface area contributed by atoms with E-state index in [1.54, 1.807) is 0 Å². The molecule has 0 aliphatic carbocycles. The molecule has 3 rings (SSSR count). The number of aromatic nitrogens is 3. The Morgan fingerprint density at radius 1 is 1.28 bits per heavy atom. The summed E-state index contributed by atoms with van der Waals surface area (Å²) in [4.78, 5) is 12.5. The summed E-state index contributed by atoms with van der Waals surface area (Å²) in [7, 11) is 0. The predicted molar refractivity (Wildman–Crippen MR) is 116 cm³/mol. The molecule has 0 spiro atoms. The standard InChI is InChI=1S/C23H29N5O/c1-16(2)15-27-13-10-19-14-20(6-8-22(19)27)25-23(29)9-7-21-17(3)26-28(18(21)4)12-5-11-24/h6,8,10,13-14,16H,5,7,9,12,15H2,1-4H3,(H,25,29). The summed E-state index contributed by atoms with van der Waals surface area (Å²) in [6, 6.07) is 10.3. The number of hydrogen-bond acceptors (Lipinski definition) is 3. The van der Waals surface area contributed by atoms with Crippen LogP contribution in [-0.4, -0.2) is 20.3 Å². The number of carbonyl (C=O) groups excluding carboxylic acids is 1. The highest BCUT2D eigenvalue weighted by Gasteiger charge is 2.13. The fourth-order valence-electron chi connectivity index (χ4n) is 3.76. The van der Waals surface area contributed by atoms with Gasteiger partial charge in [0.15, 0.2) is 0 Å². The normalized spacial score (nSPS) is 11.2. The van der Waals surface area contributed by atoms with Crippen molar-refractivity contribution in [3.63, 3.8) is 0 Å². The minimum absolute atomic E-state index is 0.00506. The summed E-state index contributed by atoms with van der Waals surface area (Å²) < 4.78 is 4.11. The first-order valence-electron chi connectivity index (χ1n) is 10.2. The van der Waals surface area contributed by atoms with Crippen molar-refractivity contribution in [2.45, 2.75) is 60.0 Å². The highest BCUT2D eigenvalue weighted by molar-refractivity contribution is 5.94. The van der Waals surface area contributed by atoms with Gasteiger partial charge in [0.25, 0.3) is 0 Å². The molecule has 0 unspecified atom stereocenters. The summed E-state index contributed by atoms with van der Waals surface area (Å²) in [6.45, 7) is 9.94. The molecule has 0 atom stereocenters. The van der Waals surface area contributed by atoms with Crippen LogP contribution in [0.15, 0.2) is 30.5 Å². The average Bonchev–Trinajstić information content (AvgIpc) is 3.18. The first kappa shape index (κ1) is 20.7. The smallest absolute Gasteiger partial charge is 0.224 e. The summed E-state index contributed by atoms with van der Waals surface area (Å²) in [5, 5.41) is 17.4. The minimum atomic E-state index is -0.00506. The number of amides is 1. The number of nitriles is 1. The lowest BCUT2D eigenvalue weighted by Gasteiger charge is -2.09. The quantitative estimate of drug-likeness (QED) is 0.610. The zero-order valence-electron chi connectivity index (χ0n) is 17.7. The van der Waals surface area contributed by atoms with Gasteiger partial charge in [-0.3, -0.25) is 9.48 Å². The van der Waals surface area contributed by atoms with Crippen LogP contribution in [0.2, 0.25) is 0 Å². The number of benzene rings is 1. The van der Waals surface area contributed by atoms with E-state index in [1.807, 2.05) is 30.7 Å². The van der Waals surface area contributed by atoms with Crippen LogP contribution in [0.5, 0.6) is 0 Å². The van der Waals surface area contributed by atoms with Gasteiger partial charge >= 0.3 is 0 Å². The molecule has 0 aliphatic rings. The van der Waals surface area contributed by atoms with Crippen molar-refractivity contribution in [3.8, 4) is 6.07 Å². The summed E-state index contributed by atoms with van der Waals surface area (Å²) in [5.41, 5.74) is 5.08. The number of anilines is 1. The third-order valence-electron chi connectivity index (χ3n) is 5.19. The predicted octanol–water partition coefficient (Wildman–Crippen LogP) is 4.60. The van der Waals surface area contributed by atoms with Gasteiger partial charge in [0.05, 0.1) is 24.7 Å². The maximum absolute atomic E-state index is 12.5. The molecular weight excluding hydrogens is 362 g/mol. The van der Waals surface area contributed by atoms with Crippen LogP contribution < -0.4 is 5.32 Å². The molecular formula is C23H29N5O. The number of nitrogens with zero attached hydrogens (tertiary/aromatic N) is 4. The molecule has 6 heteroatoms. The van der Waals surface area contributed by atoms with E-state index < -0.39 is 0 Å². The van der Waals surface area contributed by atoms with Gasteiger partial charge in [0.1, 0.15) is 0 Å². The fourth-order valence-corrected chi connectivity index (χ4v) is 3.76. The molecule has 0 radical (unpaired) electrons. The van der Waals surface area contributed by atoms with Crippen LogP contribution >= 0.6 is 0 Å². The molecule has 2 aromatic heterocycles. The molecule has 152 valence electrons. The Morgan fingerprint density at radius 2 is 2.07 bits per heavy atom. The van der Waals surface area contributed by atoms with Gasteiger partial charge in [-0.25, -0.2) is 0 Å². The lowest BCUT2D eigenvalue weighted by molar-refractivity contribution is -0.116. The number of fused-ring (bicyclic) bond motifs is 1. The van der Waals surface area contributed by atoms with E-state index in [-0.39, 0.29) is 5.91 Å². The lowest BCUT2D eigenvalue weighted by atomic mass is 10.1. The van der Waals surface area contributed by atoms with Crippen molar-refractivity contribution in [3.05, 3.63) is 47.4 Å². The maximum Gasteiger partial charge on any atom is 0.224 e. The Morgan fingerprint density at radius 3 is 2.79 bits per heavy atom. The fraction of sp³-hybridized carbons (Fsp3) is 0.435. The minimum Gasteiger partial charge on any atom is -0.347 e. The number of nitrogens with one attached hydrogen (secondary N) is 1. The van der Waals surface area contributed by atoms with E-state index >= 15 is 0 Å². The molecule has 0 saturated carbocycles. The first-order valence-corrected chi connectivity index (χ1v) is 10.2. The van der Waals surface area contributed by atoms with Crippen LogP contribution in [0, 0.1) is 31.1 Å². The van der Waals surface area contributed by atoms with E-state index in [1.165, 1.54) is 5.52 Å². The Kier molecular flexibility index (Phi) is 6.38. The van der Waals surface area contributed by atoms with Crippen LogP contribution in [-0.2, 0) is 24.3 Å². The third kappa shape index (κ3) is 4.86. The average molecular weight is 392 g/mol. The number of hydrogen-bond donors (Lipinski definition) is 1. The van der Waals surface area contributed by atoms with E-state index in [2.05, 4.69) is 53.2 Å². The van der Waals surface area contributed by atoms with Crippen molar-refractivity contribution < 1.29 is 4.79 Å². The monoisotopic (exact) mass is 391 g/mol. The van der Waals surface area contributed by atoms with Crippen molar-refractivity contribution in [1.82, 2.24) is 14.3 Å². The highest BCUT2D eigenvalue weighted by atomic mass is 16.1. The molecule has 2 heterocycles. The van der Waals surface area contributed by atoms with Gasteiger partial charge in [-0.05, 0) is 56.0 Å². The van der Waals surface area contributed by atoms with Crippen LogP contribution in [0.25, 0.3) is 10.9 Å². The van der Waals surface area contributed by atoms with Gasteiger partial charge in [-0.1, -0.05) is 13.8 Å². The SMILES string of the molecule is Cc1nn(CCC#N)c(C)c1CCC(=O)Nc1ccc2c(ccn2CC(C)C)c1. The van der Waals surface area contributed by atoms with Crippen LogP contribution in [0.3, 0.4) is 0 Å². The molecule has 6 nitrogen and oxygen atoms in total. The Bertz CT molecular complexity index is 1050. The summed E-state index contributed by atoms with van der Waals surface area (Å²) in [5.74, 6) is 0.579. The Labute approximate surface area is 172 Å². The molecule has 0 bridgehead atoms. The molecule has 3 aromatic rings. The third-order valence-corrected chi connectivity index (χ3v) is 5.19. The molecule has 0 fully saturated rings. The maximum atomic E-state index is 12.5. The molecule has 1 amide bonds. The van der Waals surface area contributed by atoms with Gasteiger partial charge in [0.2, 0.25) is 5.91 Å². The Balaban J connectivity index is 1.63. The zero-order chi connectivity index (χ0) is 21.0. The second-order valence-electron chi connectivity index (χ2n) is 7.96. The van der Waals surface area contributed by atoms with Crippen molar-refractivity contribution in [2.24, 2.45) is 5.92 Å². The molecule has 0 aliphatic heterocycles. The largest absolute Gasteiger partial charge is 0.347 e. The van der Waals surface area contributed by atoms with E-state index in [0.29, 0.717) is 31.7 Å². The van der Waals surface area contributed by atoms with E-state index in [4.69, 9.17) is 5.26 Å². The zero-order valence-corrected chi connectivity index (χ0v) is 17.7. The molecule has 1 aromatic carbocycles. The van der Waals surface area contributed by atoms with Crippen molar-refractivity contribution >= 4 is 22.5 Å². The summed E-state index contributed by atoms with van der Waals surface area (Å²) in [6.07, 6.45) is 3.58. The topological polar surface area (TPSA) is 75.6 Å².